The van der Waals surface area contributed by atoms with Crippen molar-refractivity contribution >= 4 is 10.0 Å². The van der Waals surface area contributed by atoms with E-state index >= 15 is 0 Å². The molecule has 152 valence electrons. The van der Waals surface area contributed by atoms with Crippen LogP contribution in [0.3, 0.4) is 0 Å². The zero-order valence-corrected chi connectivity index (χ0v) is 16.6. The van der Waals surface area contributed by atoms with Gasteiger partial charge in [0.15, 0.2) is 0 Å². The summed E-state index contributed by atoms with van der Waals surface area (Å²) < 4.78 is 63.0. The zero-order valence-electron chi connectivity index (χ0n) is 15.8. The van der Waals surface area contributed by atoms with Gasteiger partial charge in [0, 0.05) is 31.0 Å². The first-order valence-electron chi connectivity index (χ1n) is 9.26. The third kappa shape index (κ3) is 3.54. The summed E-state index contributed by atoms with van der Waals surface area (Å²) in [5.41, 5.74) is 1.52. The fourth-order valence-corrected chi connectivity index (χ4v) is 5.31. The molecule has 5 nitrogen and oxygen atoms in total. The lowest BCUT2D eigenvalue weighted by Gasteiger charge is -2.36. The highest BCUT2D eigenvalue weighted by atomic mass is 32.2. The number of nitrogens with zero attached hydrogens (tertiary/aromatic N) is 2. The summed E-state index contributed by atoms with van der Waals surface area (Å²) in [6, 6.07) is 12.8. The highest BCUT2D eigenvalue weighted by Gasteiger charge is 2.38. The molecule has 1 unspecified atom stereocenters. The summed E-state index contributed by atoms with van der Waals surface area (Å²) in [6.45, 7) is 3.01. The lowest BCUT2D eigenvalue weighted by Crippen LogP contribution is -2.42. The van der Waals surface area contributed by atoms with Crippen LogP contribution in [-0.4, -0.2) is 30.4 Å². The monoisotopic (exact) mass is 418 g/mol. The topological polar surface area (TPSA) is 51.5 Å². The maximum Gasteiger partial charge on any atom is 0.246 e. The van der Waals surface area contributed by atoms with E-state index in [2.05, 4.69) is 0 Å². The van der Waals surface area contributed by atoms with Crippen LogP contribution < -0.4 is 4.74 Å². The van der Waals surface area contributed by atoms with Crippen molar-refractivity contribution in [3.05, 3.63) is 83.7 Å². The fraction of sp³-hybridized carbons (Fsp3) is 0.238. The Bertz CT molecular complexity index is 1130. The van der Waals surface area contributed by atoms with Crippen molar-refractivity contribution in [2.24, 2.45) is 0 Å². The molecule has 8 heteroatoms. The first-order valence-corrected chi connectivity index (χ1v) is 10.7. The van der Waals surface area contributed by atoms with E-state index in [1.165, 1.54) is 4.31 Å². The highest BCUT2D eigenvalue weighted by Crippen LogP contribution is 2.37. The van der Waals surface area contributed by atoms with E-state index in [9.17, 15) is 17.2 Å². The van der Waals surface area contributed by atoms with E-state index in [1.54, 1.807) is 12.1 Å². The van der Waals surface area contributed by atoms with Gasteiger partial charge in [0.1, 0.15) is 22.3 Å². The number of rotatable bonds is 5. The van der Waals surface area contributed by atoms with Gasteiger partial charge in [-0.3, -0.25) is 0 Å². The molecule has 2 heterocycles. The SMILES string of the molecule is CCOc1ccc(C2c3cccn3CCN2S(=O)(=O)c2ccc(F)cc2F)cc1. The Kier molecular flexibility index (Phi) is 5.14. The second-order valence-electron chi connectivity index (χ2n) is 6.72. The second-order valence-corrected chi connectivity index (χ2v) is 8.58. The van der Waals surface area contributed by atoms with E-state index in [0.717, 1.165) is 23.4 Å². The van der Waals surface area contributed by atoms with Gasteiger partial charge in [-0.15, -0.1) is 0 Å². The van der Waals surface area contributed by atoms with E-state index < -0.39 is 32.6 Å². The molecule has 0 aliphatic carbocycles. The zero-order chi connectivity index (χ0) is 20.6. The first kappa shape index (κ1) is 19.6. The van der Waals surface area contributed by atoms with Crippen molar-refractivity contribution in [1.82, 2.24) is 8.87 Å². The number of benzene rings is 2. The van der Waals surface area contributed by atoms with E-state index in [4.69, 9.17) is 4.74 Å². The first-order chi connectivity index (χ1) is 13.9. The minimum Gasteiger partial charge on any atom is -0.494 e. The Balaban J connectivity index is 1.81. The number of hydrogen-bond acceptors (Lipinski definition) is 3. The molecular formula is C21H20F2N2O3S. The van der Waals surface area contributed by atoms with Crippen LogP contribution in [0, 0.1) is 11.6 Å². The van der Waals surface area contributed by atoms with Crippen LogP contribution in [0.5, 0.6) is 5.75 Å². The smallest absolute Gasteiger partial charge is 0.246 e. The fourth-order valence-electron chi connectivity index (χ4n) is 3.68. The van der Waals surface area contributed by atoms with Crippen LogP contribution in [0.4, 0.5) is 8.78 Å². The maximum absolute atomic E-state index is 14.3. The van der Waals surface area contributed by atoms with Gasteiger partial charge < -0.3 is 9.30 Å². The number of fused-ring (bicyclic) bond motifs is 1. The largest absolute Gasteiger partial charge is 0.494 e. The Labute approximate surface area is 168 Å². The van der Waals surface area contributed by atoms with Crippen LogP contribution in [0.15, 0.2) is 65.7 Å². The Morgan fingerprint density at radius 2 is 1.83 bits per heavy atom. The van der Waals surface area contributed by atoms with Crippen LogP contribution in [-0.2, 0) is 16.6 Å². The molecule has 29 heavy (non-hydrogen) atoms. The summed E-state index contributed by atoms with van der Waals surface area (Å²) in [5.74, 6) is -1.24. The third-order valence-corrected chi connectivity index (χ3v) is 6.88. The average molecular weight is 418 g/mol. The van der Waals surface area contributed by atoms with E-state index in [0.29, 0.717) is 25.0 Å². The van der Waals surface area contributed by atoms with Gasteiger partial charge in [0.25, 0.3) is 0 Å². The molecule has 2 aromatic carbocycles. The Morgan fingerprint density at radius 1 is 1.07 bits per heavy atom. The summed E-state index contributed by atoms with van der Waals surface area (Å²) in [5, 5.41) is 0. The Morgan fingerprint density at radius 3 is 2.52 bits per heavy atom. The van der Waals surface area contributed by atoms with Gasteiger partial charge in [-0.1, -0.05) is 12.1 Å². The molecular weight excluding hydrogens is 398 g/mol. The summed E-state index contributed by atoms with van der Waals surface area (Å²) in [6.07, 6.45) is 1.89. The molecule has 3 aromatic rings. The van der Waals surface area contributed by atoms with Gasteiger partial charge in [0.05, 0.1) is 12.6 Å². The van der Waals surface area contributed by atoms with E-state index in [-0.39, 0.29) is 6.54 Å². The number of halogens is 2. The maximum atomic E-state index is 14.3. The molecule has 1 aliphatic heterocycles. The van der Waals surface area contributed by atoms with Crippen molar-refractivity contribution in [2.75, 3.05) is 13.2 Å². The lowest BCUT2D eigenvalue weighted by atomic mass is 10.0. The summed E-state index contributed by atoms with van der Waals surface area (Å²) in [4.78, 5) is -0.533. The normalized spacial score (nSPS) is 17.1. The number of aromatic nitrogens is 1. The number of hydrogen-bond donors (Lipinski definition) is 0. The van der Waals surface area contributed by atoms with E-state index in [1.807, 2.05) is 42.0 Å². The van der Waals surface area contributed by atoms with Crippen LogP contribution in [0.25, 0.3) is 0 Å². The van der Waals surface area contributed by atoms with Gasteiger partial charge in [0.2, 0.25) is 10.0 Å². The molecule has 0 N–H and O–H groups in total. The van der Waals surface area contributed by atoms with Crippen molar-refractivity contribution in [1.29, 1.82) is 0 Å². The number of sulfonamides is 1. The third-order valence-electron chi connectivity index (χ3n) is 4.98. The van der Waals surface area contributed by atoms with Gasteiger partial charge in [-0.05, 0) is 48.9 Å². The quantitative estimate of drug-likeness (QED) is 0.630. The molecule has 0 radical (unpaired) electrons. The van der Waals surface area contributed by atoms with Gasteiger partial charge >= 0.3 is 0 Å². The predicted molar refractivity (Wildman–Crippen MR) is 104 cm³/mol. The highest BCUT2D eigenvalue weighted by molar-refractivity contribution is 7.89. The van der Waals surface area contributed by atoms with Crippen LogP contribution in [0.1, 0.15) is 24.2 Å². The molecule has 1 aromatic heterocycles. The molecule has 4 rings (SSSR count). The number of ether oxygens (including phenoxy) is 1. The molecule has 0 amide bonds. The van der Waals surface area contributed by atoms with Crippen molar-refractivity contribution in [3.63, 3.8) is 0 Å². The molecule has 0 saturated heterocycles. The molecule has 0 spiro atoms. The lowest BCUT2D eigenvalue weighted by molar-refractivity contribution is 0.296. The Hall–Kier alpha value is -2.71. The van der Waals surface area contributed by atoms with Crippen molar-refractivity contribution < 1.29 is 21.9 Å². The molecule has 0 bridgehead atoms. The van der Waals surface area contributed by atoms with Crippen molar-refractivity contribution in [3.8, 4) is 5.75 Å². The predicted octanol–water partition coefficient (Wildman–Crippen LogP) is 3.96. The summed E-state index contributed by atoms with van der Waals surface area (Å²) >= 11 is 0. The summed E-state index contributed by atoms with van der Waals surface area (Å²) in [7, 11) is -4.20. The minimum absolute atomic E-state index is 0.165. The molecule has 1 atom stereocenters. The standard InChI is InChI=1S/C21H20F2N2O3S/c1-2-28-17-8-5-15(6-9-17)21-19-4-3-11-24(19)12-13-25(21)29(26,27)20-10-7-16(22)14-18(20)23/h3-11,14,21H,2,12-13H2,1H3. The van der Waals surface area contributed by atoms with Gasteiger partial charge in [-0.2, -0.15) is 4.31 Å². The average Bonchev–Trinajstić information content (AvgIpc) is 3.16. The second kappa shape index (κ2) is 7.61. The molecule has 1 aliphatic rings. The molecule has 0 fully saturated rings. The van der Waals surface area contributed by atoms with Gasteiger partial charge in [-0.25, -0.2) is 17.2 Å². The minimum atomic E-state index is -4.20. The molecule has 0 saturated carbocycles. The van der Waals surface area contributed by atoms with Crippen LogP contribution >= 0.6 is 0 Å². The van der Waals surface area contributed by atoms with Crippen LogP contribution in [0.2, 0.25) is 0 Å². The van der Waals surface area contributed by atoms with Crippen molar-refractivity contribution in [2.45, 2.75) is 24.4 Å².